The Hall–Kier alpha value is -2.63. The summed E-state index contributed by atoms with van der Waals surface area (Å²) in [6, 6.07) is 0. The smallest absolute Gasteiger partial charge is 0.306 e. The molecular weight excluding hydrogens is 985 g/mol. The third kappa shape index (κ3) is 66.2. The van der Waals surface area contributed by atoms with Gasteiger partial charge >= 0.3 is 17.9 Å². The molecule has 0 heterocycles. The molecule has 468 valence electrons. The lowest BCUT2D eigenvalue weighted by molar-refractivity contribution is -0.167. The molecule has 0 aromatic rings. The van der Waals surface area contributed by atoms with E-state index < -0.39 is 6.10 Å². The minimum atomic E-state index is -0.775. The summed E-state index contributed by atoms with van der Waals surface area (Å²) in [5, 5.41) is 0. The summed E-state index contributed by atoms with van der Waals surface area (Å²) >= 11 is 0. The van der Waals surface area contributed by atoms with Crippen molar-refractivity contribution in [3.05, 3.63) is 48.6 Å². The van der Waals surface area contributed by atoms with Gasteiger partial charge in [0.15, 0.2) is 6.10 Å². The molecule has 0 saturated carbocycles. The Labute approximate surface area is 498 Å². The number of rotatable bonds is 66. The van der Waals surface area contributed by atoms with Crippen LogP contribution >= 0.6 is 0 Å². The molecule has 6 heteroatoms. The number of hydrogen-bond acceptors (Lipinski definition) is 6. The van der Waals surface area contributed by atoms with Crippen molar-refractivity contribution in [3.63, 3.8) is 0 Å². The summed E-state index contributed by atoms with van der Waals surface area (Å²) in [5.74, 6) is -0.849. The van der Waals surface area contributed by atoms with Crippen molar-refractivity contribution in [1.82, 2.24) is 0 Å². The molecule has 1 atom stereocenters. The van der Waals surface area contributed by atoms with E-state index in [1.54, 1.807) is 0 Å². The number of allylic oxidation sites excluding steroid dienone is 8. The maximum Gasteiger partial charge on any atom is 0.306 e. The van der Waals surface area contributed by atoms with Crippen LogP contribution in [0.25, 0.3) is 0 Å². The van der Waals surface area contributed by atoms with E-state index in [4.69, 9.17) is 14.2 Å². The van der Waals surface area contributed by atoms with Crippen molar-refractivity contribution in [2.24, 2.45) is 0 Å². The zero-order chi connectivity index (χ0) is 57.8. The van der Waals surface area contributed by atoms with Gasteiger partial charge < -0.3 is 14.2 Å². The van der Waals surface area contributed by atoms with Crippen LogP contribution in [0, 0.1) is 0 Å². The monoisotopic (exact) mass is 1120 g/mol. The molecule has 0 aromatic carbocycles. The van der Waals surface area contributed by atoms with Crippen LogP contribution in [0.5, 0.6) is 0 Å². The normalized spacial score (nSPS) is 12.3. The van der Waals surface area contributed by atoms with Crippen LogP contribution in [-0.2, 0) is 28.6 Å². The van der Waals surface area contributed by atoms with E-state index in [0.717, 1.165) is 70.6 Å². The van der Waals surface area contributed by atoms with Crippen LogP contribution in [0.2, 0.25) is 0 Å². The molecule has 80 heavy (non-hydrogen) atoms. The van der Waals surface area contributed by atoms with Crippen LogP contribution in [0.15, 0.2) is 48.6 Å². The first kappa shape index (κ1) is 77.4. The Bertz CT molecular complexity index is 1380. The van der Waals surface area contributed by atoms with Crippen molar-refractivity contribution in [1.29, 1.82) is 0 Å². The maximum atomic E-state index is 13.0. The molecule has 0 aliphatic rings. The Kier molecular flexibility index (Phi) is 66.6. The fourth-order valence-electron chi connectivity index (χ4n) is 10.7. The number of carbonyl (C=O) groups excluding carboxylic acids is 3. The number of carbonyl (C=O) groups is 3. The number of hydrogen-bond donors (Lipinski definition) is 0. The quantitative estimate of drug-likeness (QED) is 0.0261. The third-order valence-corrected chi connectivity index (χ3v) is 16.1. The molecule has 0 saturated heterocycles. The van der Waals surface area contributed by atoms with E-state index in [2.05, 4.69) is 69.4 Å². The summed E-state index contributed by atoms with van der Waals surface area (Å²) in [5.41, 5.74) is 0. The zero-order valence-electron chi connectivity index (χ0n) is 53.9. The lowest BCUT2D eigenvalue weighted by atomic mass is 10.0. The maximum absolute atomic E-state index is 13.0. The molecule has 0 aromatic heterocycles. The highest BCUT2D eigenvalue weighted by Crippen LogP contribution is 2.18. The molecule has 0 bridgehead atoms. The van der Waals surface area contributed by atoms with E-state index in [1.165, 1.54) is 276 Å². The Balaban J connectivity index is 4.28. The van der Waals surface area contributed by atoms with Crippen LogP contribution in [0.3, 0.4) is 0 Å². The minimum Gasteiger partial charge on any atom is -0.462 e. The van der Waals surface area contributed by atoms with Crippen molar-refractivity contribution in [2.45, 2.75) is 393 Å². The summed E-state index contributed by atoms with van der Waals surface area (Å²) < 4.78 is 17.0. The van der Waals surface area contributed by atoms with Crippen LogP contribution < -0.4 is 0 Å². The van der Waals surface area contributed by atoms with Gasteiger partial charge in [-0.25, -0.2) is 0 Å². The van der Waals surface area contributed by atoms with Crippen LogP contribution in [-0.4, -0.2) is 37.2 Å². The summed E-state index contributed by atoms with van der Waals surface area (Å²) in [7, 11) is 0. The van der Waals surface area contributed by atoms with E-state index >= 15 is 0 Å². The van der Waals surface area contributed by atoms with Gasteiger partial charge in [-0.15, -0.1) is 0 Å². The van der Waals surface area contributed by atoms with Crippen molar-refractivity contribution >= 4 is 17.9 Å². The molecule has 0 aliphatic carbocycles. The molecule has 0 radical (unpaired) electrons. The van der Waals surface area contributed by atoms with Gasteiger partial charge in [0.1, 0.15) is 13.2 Å². The van der Waals surface area contributed by atoms with E-state index in [0.29, 0.717) is 19.3 Å². The van der Waals surface area contributed by atoms with Crippen LogP contribution in [0.4, 0.5) is 0 Å². The third-order valence-electron chi connectivity index (χ3n) is 16.1. The average Bonchev–Trinajstić information content (AvgIpc) is 3.46. The predicted molar refractivity (Wildman–Crippen MR) is 349 cm³/mol. The molecule has 0 rings (SSSR count). The first-order valence-electron chi connectivity index (χ1n) is 35.6. The van der Waals surface area contributed by atoms with Gasteiger partial charge in [0, 0.05) is 19.3 Å². The second-order valence-corrected chi connectivity index (χ2v) is 24.1. The first-order chi connectivity index (χ1) is 39.5. The largest absolute Gasteiger partial charge is 0.462 e. The molecule has 1 unspecified atom stereocenters. The van der Waals surface area contributed by atoms with Gasteiger partial charge in [-0.05, 0) is 83.5 Å². The molecule has 0 N–H and O–H groups in total. The summed E-state index contributed by atoms with van der Waals surface area (Å²) in [6.07, 6.45) is 87.0. The number of esters is 3. The minimum absolute atomic E-state index is 0.0708. The summed E-state index contributed by atoms with van der Waals surface area (Å²) in [6.45, 7) is 6.69. The lowest BCUT2D eigenvalue weighted by Crippen LogP contribution is -2.30. The average molecular weight is 1120 g/mol. The van der Waals surface area contributed by atoms with Crippen LogP contribution in [0.1, 0.15) is 387 Å². The Morgan fingerprint density at radius 3 is 0.713 bits per heavy atom. The predicted octanol–water partition coefficient (Wildman–Crippen LogP) is 24.5. The van der Waals surface area contributed by atoms with E-state index in [9.17, 15) is 14.4 Å². The van der Waals surface area contributed by atoms with Crippen molar-refractivity contribution < 1.29 is 28.6 Å². The van der Waals surface area contributed by atoms with Gasteiger partial charge in [0.2, 0.25) is 0 Å². The number of unbranched alkanes of at least 4 members (excludes halogenated alkanes) is 47. The fraction of sp³-hybridized carbons (Fsp3) is 0.851. The molecule has 0 fully saturated rings. The number of ether oxygens (including phenoxy) is 3. The van der Waals surface area contributed by atoms with Gasteiger partial charge in [0.25, 0.3) is 0 Å². The Morgan fingerprint density at radius 1 is 0.250 bits per heavy atom. The highest BCUT2D eigenvalue weighted by Gasteiger charge is 2.19. The highest BCUT2D eigenvalue weighted by molar-refractivity contribution is 5.71. The zero-order valence-corrected chi connectivity index (χ0v) is 53.9. The standard InChI is InChI=1S/C74H136O6/c1-4-7-10-13-16-19-22-25-28-31-33-34-35-36-37-38-39-40-41-44-46-49-52-55-58-61-64-67-73(76)79-70-71(69-78-72(75)66-63-60-57-54-51-48-45-42-30-27-24-21-18-15-12-9-6-3)80-74(77)68-65-62-59-56-53-50-47-43-32-29-26-23-20-17-14-11-8-5-2/h22,25,27,30-31,33,35-36,71H,4-21,23-24,26,28-29,32,34,37-70H2,1-3H3/b25-22-,30-27-,33-31-,36-35-. The van der Waals surface area contributed by atoms with Gasteiger partial charge in [-0.2, -0.15) is 0 Å². The highest BCUT2D eigenvalue weighted by atomic mass is 16.6. The molecule has 6 nitrogen and oxygen atoms in total. The van der Waals surface area contributed by atoms with Gasteiger partial charge in [0.05, 0.1) is 0 Å². The first-order valence-corrected chi connectivity index (χ1v) is 35.6. The van der Waals surface area contributed by atoms with Gasteiger partial charge in [-0.3, -0.25) is 14.4 Å². The second-order valence-electron chi connectivity index (χ2n) is 24.1. The van der Waals surface area contributed by atoms with E-state index in [1.807, 2.05) is 0 Å². The van der Waals surface area contributed by atoms with Gasteiger partial charge in [-0.1, -0.05) is 333 Å². The molecule has 0 aliphatic heterocycles. The SMILES string of the molecule is CCCCCCC/C=C\C/C=C\C/C=C\CCCCCCCCCCCCCCC(=O)OCC(COC(=O)CCCCCCCCC/C=C\CCCCCCCC)OC(=O)CCCCCCCCCCCCCCCCCCCC. The lowest BCUT2D eigenvalue weighted by Gasteiger charge is -2.18. The molecular formula is C74H136O6. The second kappa shape index (κ2) is 68.9. The van der Waals surface area contributed by atoms with E-state index in [-0.39, 0.29) is 31.1 Å². The van der Waals surface area contributed by atoms with Crippen molar-refractivity contribution in [3.8, 4) is 0 Å². The Morgan fingerprint density at radius 2 is 0.450 bits per heavy atom. The molecule has 0 amide bonds. The fourth-order valence-corrected chi connectivity index (χ4v) is 10.7. The van der Waals surface area contributed by atoms with Crippen molar-refractivity contribution in [2.75, 3.05) is 13.2 Å². The molecule has 0 spiro atoms. The topological polar surface area (TPSA) is 78.9 Å². The summed E-state index contributed by atoms with van der Waals surface area (Å²) in [4.78, 5) is 38.5.